The Morgan fingerprint density at radius 2 is 1.97 bits per heavy atom. The number of halogens is 1. The zero-order valence-electron chi connectivity index (χ0n) is 19.5. The van der Waals surface area contributed by atoms with Gasteiger partial charge in [0.15, 0.2) is 0 Å². The van der Waals surface area contributed by atoms with Gasteiger partial charge in [0, 0.05) is 38.0 Å². The van der Waals surface area contributed by atoms with Crippen molar-refractivity contribution in [3.05, 3.63) is 65.0 Å². The fourth-order valence-corrected chi connectivity index (χ4v) is 3.14. The number of amidine groups is 1. The van der Waals surface area contributed by atoms with Crippen LogP contribution in [0.25, 0.3) is 0 Å². The molecule has 0 aliphatic carbocycles. The Balaban J connectivity index is 2.05. The van der Waals surface area contributed by atoms with Crippen LogP contribution in [0.15, 0.2) is 47.6 Å². The lowest BCUT2D eigenvalue weighted by molar-refractivity contribution is 0.0639. The fraction of sp³-hybridized carbons (Fsp3) is 0.304. The van der Waals surface area contributed by atoms with Gasteiger partial charge in [0.05, 0.1) is 24.1 Å². The zero-order valence-corrected chi connectivity index (χ0v) is 19.5. The van der Waals surface area contributed by atoms with Gasteiger partial charge in [-0.15, -0.1) is 0 Å². The minimum atomic E-state index is -0.374. The number of nitrogens with one attached hydrogen (secondary N) is 5. The molecule has 0 aromatic heterocycles. The number of anilines is 1. The van der Waals surface area contributed by atoms with Crippen molar-refractivity contribution in [2.75, 3.05) is 32.2 Å². The van der Waals surface area contributed by atoms with E-state index in [2.05, 4.69) is 21.5 Å². The monoisotopic (exact) mass is 470 g/mol. The lowest BCUT2D eigenvalue weighted by atomic mass is 10.1. The minimum Gasteiger partial charge on any atom is -0.395 e. The second-order valence-corrected chi connectivity index (χ2v) is 7.58. The molecule has 2 rings (SSSR count). The topological polar surface area (TPSA) is 140 Å². The van der Waals surface area contributed by atoms with Gasteiger partial charge < -0.3 is 15.4 Å². The number of nitrogens with zero attached hydrogens (tertiary/aromatic N) is 3. The number of aryl methyl sites for hydroxylation is 1. The third-order valence-corrected chi connectivity index (χ3v) is 4.97. The lowest BCUT2D eigenvalue weighted by Crippen LogP contribution is -2.53. The highest BCUT2D eigenvalue weighted by Gasteiger charge is 2.23. The third-order valence-electron chi connectivity index (χ3n) is 4.97. The standard InChI is InChI=1S/C23H31FN8O2/c1-16-4-9-21(29-27-11-10-25)20(14-16)23(34)32(12-13-33)17(2)15-28-30-31(3)22(26)18-5-7-19(24)8-6-18/h4-11,14,17,25-26,28-30,33H,12-13,15H2,1-3H3/b25-10?,26-22?,27-11-/t17-/m0/s1. The van der Waals surface area contributed by atoms with Crippen LogP contribution in [0.1, 0.15) is 28.4 Å². The van der Waals surface area contributed by atoms with Gasteiger partial charge in [-0.2, -0.15) is 10.6 Å². The third kappa shape index (κ3) is 7.44. The molecule has 0 fully saturated rings. The Kier molecular flexibility index (Phi) is 10.3. The van der Waals surface area contributed by atoms with E-state index in [9.17, 15) is 14.3 Å². The van der Waals surface area contributed by atoms with E-state index in [1.807, 2.05) is 19.9 Å². The molecule has 34 heavy (non-hydrogen) atoms. The molecule has 2 aromatic rings. The molecule has 0 unspecified atom stereocenters. The van der Waals surface area contributed by atoms with Crippen LogP contribution in [0.3, 0.4) is 0 Å². The molecule has 0 bridgehead atoms. The first-order valence-corrected chi connectivity index (χ1v) is 10.7. The molecular weight excluding hydrogens is 439 g/mol. The van der Waals surface area contributed by atoms with Gasteiger partial charge in [0.1, 0.15) is 11.7 Å². The van der Waals surface area contributed by atoms with E-state index in [4.69, 9.17) is 10.8 Å². The number of rotatable bonds is 12. The van der Waals surface area contributed by atoms with E-state index in [0.29, 0.717) is 23.4 Å². The van der Waals surface area contributed by atoms with Crippen LogP contribution in [0.2, 0.25) is 0 Å². The van der Waals surface area contributed by atoms with E-state index >= 15 is 0 Å². The normalized spacial score (nSPS) is 11.8. The molecule has 1 amide bonds. The summed E-state index contributed by atoms with van der Waals surface area (Å²) in [5, 5.41) is 30.1. The molecule has 1 atom stereocenters. The van der Waals surface area contributed by atoms with Gasteiger partial charge >= 0.3 is 0 Å². The molecule has 10 nitrogen and oxygen atoms in total. The van der Waals surface area contributed by atoms with Crippen LogP contribution < -0.4 is 16.4 Å². The molecule has 2 aromatic carbocycles. The highest BCUT2D eigenvalue weighted by atomic mass is 19.1. The molecule has 0 aliphatic rings. The number of amides is 1. The lowest BCUT2D eigenvalue weighted by Gasteiger charge is -2.31. The summed E-state index contributed by atoms with van der Waals surface area (Å²) in [6.07, 6.45) is 2.28. The predicted octanol–water partition coefficient (Wildman–Crippen LogP) is 1.97. The minimum absolute atomic E-state index is 0.125. The van der Waals surface area contributed by atoms with Crippen LogP contribution in [-0.4, -0.2) is 72.0 Å². The predicted molar refractivity (Wildman–Crippen MR) is 132 cm³/mol. The first-order valence-electron chi connectivity index (χ1n) is 10.7. The molecule has 0 spiro atoms. The molecule has 6 N–H and O–H groups in total. The second kappa shape index (κ2) is 13.1. The SMILES string of the molecule is Cc1ccc(N/N=C\C=N)c(C(=O)N(CCO)[C@@H](C)CNNN(C)C(=N)c2ccc(F)cc2)c1. The van der Waals surface area contributed by atoms with Gasteiger partial charge in [-0.3, -0.25) is 20.6 Å². The molecule has 0 radical (unpaired) electrons. The van der Waals surface area contributed by atoms with Crippen molar-refractivity contribution in [1.29, 1.82) is 10.8 Å². The number of carbonyl (C=O) groups is 1. The van der Waals surface area contributed by atoms with E-state index in [1.165, 1.54) is 35.5 Å². The van der Waals surface area contributed by atoms with Crippen LogP contribution in [0.5, 0.6) is 0 Å². The van der Waals surface area contributed by atoms with Gasteiger partial charge in [-0.05, 0) is 50.2 Å². The number of hydrogen-bond acceptors (Lipinski definition) is 8. The summed E-state index contributed by atoms with van der Waals surface area (Å²) in [6, 6.07) is 10.6. The maximum atomic E-state index is 13.4. The van der Waals surface area contributed by atoms with E-state index in [-0.39, 0.29) is 36.8 Å². The van der Waals surface area contributed by atoms with Crippen molar-refractivity contribution in [2.24, 2.45) is 5.10 Å². The average molecular weight is 471 g/mol. The number of benzene rings is 2. The van der Waals surface area contributed by atoms with Crippen LogP contribution in [-0.2, 0) is 0 Å². The highest BCUT2D eigenvalue weighted by Crippen LogP contribution is 2.20. The number of aliphatic hydroxyl groups excluding tert-OH is 1. The first kappa shape index (κ1) is 26.6. The Bertz CT molecular complexity index is 1010. The van der Waals surface area contributed by atoms with Crippen LogP contribution in [0.4, 0.5) is 10.1 Å². The fourth-order valence-electron chi connectivity index (χ4n) is 3.14. The van der Waals surface area contributed by atoms with Crippen molar-refractivity contribution in [2.45, 2.75) is 19.9 Å². The molecule has 0 saturated heterocycles. The average Bonchev–Trinajstić information content (AvgIpc) is 2.83. The number of hydrogen-bond donors (Lipinski definition) is 6. The van der Waals surface area contributed by atoms with E-state index in [1.54, 1.807) is 24.1 Å². The second-order valence-electron chi connectivity index (χ2n) is 7.58. The molecular formula is C23H31FN8O2. The number of aliphatic hydroxyl groups is 1. The molecule has 11 heteroatoms. The Morgan fingerprint density at radius 1 is 1.26 bits per heavy atom. The Morgan fingerprint density at radius 3 is 2.62 bits per heavy atom. The molecule has 182 valence electrons. The summed E-state index contributed by atoms with van der Waals surface area (Å²) in [5.74, 6) is -0.530. The van der Waals surface area contributed by atoms with Crippen molar-refractivity contribution in [1.82, 2.24) is 20.9 Å². The summed E-state index contributed by atoms with van der Waals surface area (Å²) >= 11 is 0. The van der Waals surface area contributed by atoms with Crippen LogP contribution >= 0.6 is 0 Å². The summed E-state index contributed by atoms with van der Waals surface area (Å²) in [7, 11) is 1.64. The number of hydrazine groups is 2. The van der Waals surface area contributed by atoms with Crippen LogP contribution in [0, 0.1) is 23.6 Å². The van der Waals surface area contributed by atoms with E-state index in [0.717, 1.165) is 11.8 Å². The maximum absolute atomic E-state index is 13.4. The highest BCUT2D eigenvalue weighted by molar-refractivity contribution is 6.14. The quantitative estimate of drug-likeness (QED) is 0.159. The zero-order chi connectivity index (χ0) is 25.1. The largest absolute Gasteiger partial charge is 0.395 e. The molecule has 0 heterocycles. The maximum Gasteiger partial charge on any atom is 0.256 e. The molecule has 0 saturated carbocycles. The Labute approximate surface area is 198 Å². The number of hydrazone groups is 1. The molecule has 0 aliphatic heterocycles. The van der Waals surface area contributed by atoms with Gasteiger partial charge in [-0.1, -0.05) is 11.6 Å². The summed E-state index contributed by atoms with van der Waals surface area (Å²) in [5.41, 5.74) is 10.9. The smallest absolute Gasteiger partial charge is 0.256 e. The van der Waals surface area contributed by atoms with Gasteiger partial charge in [0.25, 0.3) is 5.91 Å². The first-order chi connectivity index (χ1) is 16.3. The summed E-state index contributed by atoms with van der Waals surface area (Å²) in [4.78, 5) is 14.9. The van der Waals surface area contributed by atoms with Gasteiger partial charge in [-0.25, -0.2) is 9.82 Å². The van der Waals surface area contributed by atoms with E-state index < -0.39 is 0 Å². The van der Waals surface area contributed by atoms with Crippen molar-refractivity contribution < 1.29 is 14.3 Å². The van der Waals surface area contributed by atoms with Gasteiger partial charge in [0.2, 0.25) is 0 Å². The van der Waals surface area contributed by atoms with Crippen molar-refractivity contribution in [3.63, 3.8) is 0 Å². The van der Waals surface area contributed by atoms with Crippen molar-refractivity contribution >= 4 is 29.9 Å². The summed E-state index contributed by atoms with van der Waals surface area (Å²) in [6.45, 7) is 3.94. The van der Waals surface area contributed by atoms with Crippen molar-refractivity contribution in [3.8, 4) is 0 Å². The summed E-state index contributed by atoms with van der Waals surface area (Å²) < 4.78 is 13.1. The Hall–Kier alpha value is -3.67. The number of carbonyl (C=O) groups excluding carboxylic acids is 1.